The maximum atomic E-state index is 12.7. The van der Waals surface area contributed by atoms with E-state index in [4.69, 9.17) is 16.3 Å². The molecule has 0 aliphatic heterocycles. The van der Waals surface area contributed by atoms with Crippen LogP contribution in [0.2, 0.25) is 0 Å². The highest BCUT2D eigenvalue weighted by molar-refractivity contribution is 7.11. The number of ether oxygens (including phenoxy) is 1. The van der Waals surface area contributed by atoms with E-state index in [0.29, 0.717) is 9.88 Å². The number of aryl methyl sites for hydroxylation is 1. The molecule has 1 aromatic heterocycles. The first-order valence-corrected chi connectivity index (χ1v) is 11.7. The highest BCUT2D eigenvalue weighted by Crippen LogP contribution is 2.44. The molecule has 4 rings (SSSR count). The molecule has 1 aliphatic rings. The van der Waals surface area contributed by atoms with Crippen molar-refractivity contribution in [3.63, 3.8) is 0 Å². The van der Waals surface area contributed by atoms with Crippen LogP contribution >= 0.6 is 11.3 Å². The van der Waals surface area contributed by atoms with Crippen molar-refractivity contribution in [2.45, 2.75) is 19.4 Å². The summed E-state index contributed by atoms with van der Waals surface area (Å²) in [6, 6.07) is 16.2. The van der Waals surface area contributed by atoms with Crippen molar-refractivity contribution in [1.29, 1.82) is 0 Å². The topological polar surface area (TPSA) is 109 Å². The minimum Gasteiger partial charge on any atom is -0.480 e. The number of carboxylic acid groups (broad SMARTS) is 1. The van der Waals surface area contributed by atoms with Crippen molar-refractivity contribution in [2.24, 2.45) is 0 Å². The Kier molecular flexibility index (Phi) is 7.13. The molecular weight excluding hydrogens is 466 g/mol. The van der Waals surface area contributed by atoms with Crippen molar-refractivity contribution < 1.29 is 24.2 Å². The quantitative estimate of drug-likeness (QED) is 0.468. The number of carboxylic acids is 1. The second-order valence-electron chi connectivity index (χ2n) is 7.95. The minimum absolute atomic E-state index is 0.0455. The van der Waals surface area contributed by atoms with Gasteiger partial charge in [-0.05, 0) is 29.2 Å². The molecule has 2 aromatic carbocycles. The summed E-state index contributed by atoms with van der Waals surface area (Å²) < 4.78 is 5.52. The van der Waals surface area contributed by atoms with Crippen LogP contribution in [-0.4, -0.2) is 52.7 Å². The van der Waals surface area contributed by atoms with Crippen LogP contribution in [0.15, 0.2) is 48.5 Å². The lowest BCUT2D eigenvalue weighted by molar-refractivity contribution is -0.137. The molecule has 0 unspecified atom stereocenters. The second kappa shape index (κ2) is 10.4. The lowest BCUT2D eigenvalue weighted by Gasteiger charge is -2.16. The number of rotatable bonds is 8. The van der Waals surface area contributed by atoms with E-state index in [1.54, 1.807) is 6.92 Å². The van der Waals surface area contributed by atoms with Crippen LogP contribution in [0.25, 0.3) is 11.1 Å². The molecule has 0 saturated carbocycles. The van der Waals surface area contributed by atoms with Gasteiger partial charge >= 0.3 is 12.1 Å². The molecular formula is C26H23N3O5S. The van der Waals surface area contributed by atoms with Gasteiger partial charge in [-0.2, -0.15) is 0 Å². The zero-order valence-electron chi connectivity index (χ0n) is 19.0. The van der Waals surface area contributed by atoms with Gasteiger partial charge in [0, 0.05) is 10.8 Å². The van der Waals surface area contributed by atoms with E-state index >= 15 is 0 Å². The molecule has 2 N–H and O–H groups in total. The SMILES string of the molecule is C#CCN(CC(=O)O)C(=O)c1nc(CNC(=O)OCC2c3ccccc3-c3ccccc32)sc1C. The lowest BCUT2D eigenvalue weighted by atomic mass is 9.98. The summed E-state index contributed by atoms with van der Waals surface area (Å²) in [4.78, 5) is 42.1. The fourth-order valence-corrected chi connectivity index (χ4v) is 5.01. The van der Waals surface area contributed by atoms with Crippen LogP contribution in [0, 0.1) is 19.3 Å². The summed E-state index contributed by atoms with van der Waals surface area (Å²) in [5.74, 6) is 0.507. The van der Waals surface area contributed by atoms with E-state index in [1.807, 2.05) is 36.4 Å². The van der Waals surface area contributed by atoms with Gasteiger partial charge in [0.1, 0.15) is 23.9 Å². The van der Waals surface area contributed by atoms with E-state index < -0.39 is 24.5 Å². The van der Waals surface area contributed by atoms with Crippen LogP contribution in [0.4, 0.5) is 4.79 Å². The van der Waals surface area contributed by atoms with Crippen LogP contribution < -0.4 is 5.32 Å². The van der Waals surface area contributed by atoms with Crippen molar-refractivity contribution in [1.82, 2.24) is 15.2 Å². The Morgan fingerprint density at radius 3 is 2.37 bits per heavy atom. The molecule has 35 heavy (non-hydrogen) atoms. The van der Waals surface area contributed by atoms with Crippen molar-refractivity contribution in [2.75, 3.05) is 19.7 Å². The standard InChI is InChI=1S/C26H23N3O5S/c1-3-12-29(14-23(30)31)25(32)24-16(2)35-22(28-24)13-27-26(33)34-15-21-19-10-6-4-8-17(19)18-9-5-7-11-20(18)21/h1,4-11,21H,12-15H2,2H3,(H,27,33)(H,30,31). The van der Waals surface area contributed by atoms with E-state index in [1.165, 1.54) is 11.3 Å². The van der Waals surface area contributed by atoms with Gasteiger partial charge in [0.25, 0.3) is 5.91 Å². The van der Waals surface area contributed by atoms with E-state index in [-0.39, 0.29) is 31.3 Å². The number of aliphatic carboxylic acids is 1. The largest absolute Gasteiger partial charge is 0.480 e. The first kappa shape index (κ1) is 24.0. The first-order chi connectivity index (χ1) is 16.9. The van der Waals surface area contributed by atoms with Crippen LogP contribution in [0.5, 0.6) is 0 Å². The molecule has 2 amide bonds. The van der Waals surface area contributed by atoms with E-state index in [2.05, 4.69) is 28.4 Å². The van der Waals surface area contributed by atoms with Crippen LogP contribution in [0.3, 0.4) is 0 Å². The predicted octanol–water partition coefficient (Wildman–Crippen LogP) is 3.65. The monoisotopic (exact) mass is 489 g/mol. The number of alkyl carbamates (subject to hydrolysis) is 1. The molecule has 8 nitrogen and oxygen atoms in total. The molecule has 178 valence electrons. The molecule has 0 spiro atoms. The molecule has 0 radical (unpaired) electrons. The average molecular weight is 490 g/mol. The van der Waals surface area contributed by atoms with Gasteiger partial charge in [-0.1, -0.05) is 54.5 Å². The third kappa shape index (κ3) is 5.18. The number of aromatic nitrogens is 1. The summed E-state index contributed by atoms with van der Waals surface area (Å²) >= 11 is 1.24. The number of nitrogens with zero attached hydrogens (tertiary/aromatic N) is 2. The smallest absolute Gasteiger partial charge is 0.407 e. The number of benzene rings is 2. The molecule has 3 aromatic rings. The Morgan fingerprint density at radius 1 is 1.14 bits per heavy atom. The maximum Gasteiger partial charge on any atom is 0.407 e. The minimum atomic E-state index is -1.17. The molecule has 1 heterocycles. The number of nitrogens with one attached hydrogen (secondary N) is 1. The second-order valence-corrected chi connectivity index (χ2v) is 9.24. The third-order valence-corrected chi connectivity index (χ3v) is 6.64. The first-order valence-electron chi connectivity index (χ1n) is 10.9. The average Bonchev–Trinajstić information content (AvgIpc) is 3.38. The number of amides is 2. The highest BCUT2D eigenvalue weighted by atomic mass is 32.1. The number of thiazole rings is 1. The maximum absolute atomic E-state index is 12.7. The van der Waals surface area contributed by atoms with E-state index in [9.17, 15) is 14.4 Å². The van der Waals surface area contributed by atoms with Gasteiger partial charge < -0.3 is 20.1 Å². The van der Waals surface area contributed by atoms with Gasteiger partial charge in [0.15, 0.2) is 0 Å². The number of hydrogen-bond donors (Lipinski definition) is 2. The highest BCUT2D eigenvalue weighted by Gasteiger charge is 2.29. The summed E-state index contributed by atoms with van der Waals surface area (Å²) in [6.45, 7) is 1.31. The summed E-state index contributed by atoms with van der Waals surface area (Å²) in [7, 11) is 0. The van der Waals surface area contributed by atoms with Crippen molar-refractivity contribution in [3.8, 4) is 23.5 Å². The number of terminal acetylenes is 1. The summed E-state index contributed by atoms with van der Waals surface area (Å²) in [5.41, 5.74) is 4.66. The Balaban J connectivity index is 1.37. The van der Waals surface area contributed by atoms with Gasteiger partial charge in [-0.25, -0.2) is 9.78 Å². The van der Waals surface area contributed by atoms with Gasteiger partial charge in [-0.3, -0.25) is 9.59 Å². The molecule has 1 aliphatic carbocycles. The van der Waals surface area contributed by atoms with Crippen LogP contribution in [-0.2, 0) is 16.1 Å². The molecule has 0 bridgehead atoms. The number of carbonyl (C=O) groups is 3. The summed E-state index contributed by atoms with van der Waals surface area (Å²) in [6.07, 6.45) is 4.67. The fourth-order valence-electron chi connectivity index (χ4n) is 4.15. The Morgan fingerprint density at radius 2 is 1.77 bits per heavy atom. The normalized spacial score (nSPS) is 11.8. The molecule has 0 saturated heterocycles. The summed E-state index contributed by atoms with van der Waals surface area (Å²) in [5, 5.41) is 12.2. The Labute approximate surface area is 206 Å². The van der Waals surface area contributed by atoms with Gasteiger partial charge in [-0.15, -0.1) is 17.8 Å². The van der Waals surface area contributed by atoms with Gasteiger partial charge in [0.05, 0.1) is 13.1 Å². The van der Waals surface area contributed by atoms with Crippen molar-refractivity contribution in [3.05, 3.63) is 75.2 Å². The Hall–Kier alpha value is -4.16. The molecule has 0 atom stereocenters. The van der Waals surface area contributed by atoms with E-state index in [0.717, 1.165) is 27.2 Å². The lowest BCUT2D eigenvalue weighted by Crippen LogP contribution is -2.36. The van der Waals surface area contributed by atoms with Gasteiger partial charge in [0.2, 0.25) is 0 Å². The van der Waals surface area contributed by atoms with Crippen molar-refractivity contribution >= 4 is 29.3 Å². The predicted molar refractivity (Wildman–Crippen MR) is 131 cm³/mol. The Bertz CT molecular complexity index is 1280. The molecule has 0 fully saturated rings. The number of carbonyl (C=O) groups excluding carboxylic acids is 2. The zero-order chi connectivity index (χ0) is 24.9. The zero-order valence-corrected chi connectivity index (χ0v) is 19.8. The number of fused-ring (bicyclic) bond motifs is 3. The van der Waals surface area contributed by atoms with Crippen LogP contribution in [0.1, 0.15) is 37.4 Å². The number of hydrogen-bond acceptors (Lipinski definition) is 6. The fraction of sp³-hybridized carbons (Fsp3) is 0.231. The molecule has 9 heteroatoms. The third-order valence-electron chi connectivity index (χ3n) is 5.67.